The number of nitrogens with one attached hydrogen (secondary N) is 1. The number of hydrogen-bond acceptors (Lipinski definition) is 5. The highest BCUT2D eigenvalue weighted by molar-refractivity contribution is 5.61. The summed E-state index contributed by atoms with van der Waals surface area (Å²) >= 11 is 0. The summed E-state index contributed by atoms with van der Waals surface area (Å²) in [6.07, 6.45) is 0. The molecule has 0 bridgehead atoms. The number of nitriles is 1. The van der Waals surface area contributed by atoms with E-state index in [2.05, 4.69) is 11.4 Å². The number of methoxy groups -OCH3 is 1. The van der Waals surface area contributed by atoms with Crippen molar-refractivity contribution in [3.05, 3.63) is 63.7 Å². The smallest absolute Gasteiger partial charge is 0.273 e. The van der Waals surface area contributed by atoms with E-state index in [1.54, 1.807) is 18.2 Å². The fourth-order valence-corrected chi connectivity index (χ4v) is 1.91. The molecule has 0 spiro atoms. The van der Waals surface area contributed by atoms with Gasteiger partial charge in [0, 0.05) is 12.6 Å². The number of rotatable bonds is 5. The molecule has 2 aromatic rings. The molecule has 6 nitrogen and oxygen atoms in total. The van der Waals surface area contributed by atoms with Crippen molar-refractivity contribution in [1.82, 2.24) is 0 Å². The first-order valence-electron chi connectivity index (χ1n) is 6.20. The Balaban J connectivity index is 2.20. The van der Waals surface area contributed by atoms with Crippen molar-refractivity contribution in [1.29, 1.82) is 5.26 Å². The van der Waals surface area contributed by atoms with Crippen LogP contribution in [0.25, 0.3) is 0 Å². The highest BCUT2D eigenvalue weighted by Crippen LogP contribution is 2.29. The molecule has 2 rings (SSSR count). The van der Waals surface area contributed by atoms with Gasteiger partial charge in [0.15, 0.2) is 0 Å². The van der Waals surface area contributed by atoms with Gasteiger partial charge in [-0.25, -0.2) is 0 Å². The second-order valence-corrected chi connectivity index (χ2v) is 4.26. The van der Waals surface area contributed by atoms with Crippen LogP contribution in [-0.2, 0) is 6.54 Å². The van der Waals surface area contributed by atoms with Gasteiger partial charge in [0.05, 0.1) is 35.4 Å². The van der Waals surface area contributed by atoms with E-state index in [1.165, 1.54) is 19.2 Å². The van der Waals surface area contributed by atoms with Crippen molar-refractivity contribution in [2.24, 2.45) is 0 Å². The summed E-state index contributed by atoms with van der Waals surface area (Å²) < 4.78 is 5.15. The first kappa shape index (κ1) is 14.3. The van der Waals surface area contributed by atoms with Crippen molar-refractivity contribution in [3.63, 3.8) is 0 Å². The highest BCUT2D eigenvalue weighted by Gasteiger charge is 2.11. The van der Waals surface area contributed by atoms with Gasteiger partial charge in [-0.15, -0.1) is 0 Å². The van der Waals surface area contributed by atoms with E-state index >= 15 is 0 Å². The number of ether oxygens (including phenoxy) is 1. The van der Waals surface area contributed by atoms with E-state index in [0.29, 0.717) is 23.5 Å². The molecule has 0 aliphatic heterocycles. The zero-order chi connectivity index (χ0) is 15.2. The second-order valence-electron chi connectivity index (χ2n) is 4.26. The Kier molecular flexibility index (Phi) is 4.36. The van der Waals surface area contributed by atoms with Gasteiger partial charge >= 0.3 is 0 Å². The fraction of sp³-hybridized carbons (Fsp3) is 0.133. The normalized spacial score (nSPS) is 9.71. The van der Waals surface area contributed by atoms with Crippen LogP contribution >= 0.6 is 0 Å². The molecular weight excluding hydrogens is 270 g/mol. The fourth-order valence-electron chi connectivity index (χ4n) is 1.91. The summed E-state index contributed by atoms with van der Waals surface area (Å²) in [6, 6.07) is 13.7. The van der Waals surface area contributed by atoms with Crippen molar-refractivity contribution in [2.75, 3.05) is 12.4 Å². The molecule has 106 valence electrons. The number of anilines is 1. The van der Waals surface area contributed by atoms with Crippen LogP contribution in [0.3, 0.4) is 0 Å². The van der Waals surface area contributed by atoms with Gasteiger partial charge in [-0.05, 0) is 17.7 Å². The molecule has 0 amide bonds. The lowest BCUT2D eigenvalue weighted by atomic mass is 10.1. The average Bonchev–Trinajstić information content (AvgIpc) is 2.52. The van der Waals surface area contributed by atoms with Crippen LogP contribution in [0.1, 0.15) is 11.1 Å². The first-order chi connectivity index (χ1) is 10.2. The standard InChI is InChI=1S/C15H13N3O3/c1-21-15-8-13(18(19)20)6-7-14(15)17-10-12-5-3-2-4-11(12)9-16/h2-8,17H,10H2,1H3. The van der Waals surface area contributed by atoms with Gasteiger partial charge in [0.2, 0.25) is 0 Å². The van der Waals surface area contributed by atoms with Crippen LogP contribution in [0.5, 0.6) is 5.75 Å². The highest BCUT2D eigenvalue weighted by atomic mass is 16.6. The number of non-ortho nitro benzene ring substituents is 1. The Hall–Kier alpha value is -3.07. The van der Waals surface area contributed by atoms with E-state index < -0.39 is 4.92 Å². The van der Waals surface area contributed by atoms with Gasteiger partial charge < -0.3 is 10.1 Å². The SMILES string of the molecule is COc1cc([N+](=O)[O-])ccc1NCc1ccccc1C#N. The monoisotopic (exact) mass is 283 g/mol. The van der Waals surface area contributed by atoms with Crippen LogP contribution in [-0.4, -0.2) is 12.0 Å². The Morgan fingerprint density at radius 2 is 2.10 bits per heavy atom. The van der Waals surface area contributed by atoms with Crippen LogP contribution in [0.4, 0.5) is 11.4 Å². The van der Waals surface area contributed by atoms with E-state index in [1.807, 2.05) is 12.1 Å². The maximum Gasteiger partial charge on any atom is 0.273 e. The summed E-state index contributed by atoms with van der Waals surface area (Å²) in [7, 11) is 1.45. The Morgan fingerprint density at radius 3 is 2.76 bits per heavy atom. The summed E-state index contributed by atoms with van der Waals surface area (Å²) in [5, 5.41) is 22.9. The quantitative estimate of drug-likeness (QED) is 0.673. The summed E-state index contributed by atoms with van der Waals surface area (Å²) in [6.45, 7) is 0.428. The number of benzene rings is 2. The minimum atomic E-state index is -0.475. The van der Waals surface area contributed by atoms with Gasteiger partial charge in [0.1, 0.15) is 5.75 Å². The summed E-state index contributed by atoms with van der Waals surface area (Å²) in [4.78, 5) is 10.3. The van der Waals surface area contributed by atoms with Crippen molar-refractivity contribution >= 4 is 11.4 Å². The lowest BCUT2D eigenvalue weighted by Crippen LogP contribution is -2.03. The molecule has 0 heterocycles. The van der Waals surface area contributed by atoms with Crippen molar-refractivity contribution in [3.8, 4) is 11.8 Å². The number of nitro groups is 1. The van der Waals surface area contributed by atoms with Crippen molar-refractivity contribution in [2.45, 2.75) is 6.54 Å². The number of hydrogen-bond donors (Lipinski definition) is 1. The largest absolute Gasteiger partial charge is 0.494 e. The Bertz CT molecular complexity index is 708. The van der Waals surface area contributed by atoms with Crippen LogP contribution in [0, 0.1) is 21.4 Å². The molecule has 21 heavy (non-hydrogen) atoms. The minimum absolute atomic E-state index is 0.0326. The summed E-state index contributed by atoms with van der Waals surface area (Å²) in [5.74, 6) is 0.388. The van der Waals surface area contributed by atoms with Crippen LogP contribution in [0.2, 0.25) is 0 Å². The second kappa shape index (κ2) is 6.39. The molecule has 0 radical (unpaired) electrons. The first-order valence-corrected chi connectivity index (χ1v) is 6.20. The number of nitro benzene ring substituents is 1. The van der Waals surface area contributed by atoms with E-state index in [9.17, 15) is 10.1 Å². The molecule has 2 aromatic carbocycles. The number of nitrogens with zero attached hydrogens (tertiary/aromatic N) is 2. The predicted molar refractivity (Wildman–Crippen MR) is 78.1 cm³/mol. The zero-order valence-corrected chi connectivity index (χ0v) is 11.4. The maximum atomic E-state index is 10.7. The molecule has 0 saturated heterocycles. The van der Waals surface area contributed by atoms with Gasteiger partial charge in [-0.1, -0.05) is 18.2 Å². The van der Waals surface area contributed by atoms with Crippen LogP contribution in [0.15, 0.2) is 42.5 Å². The van der Waals surface area contributed by atoms with Crippen molar-refractivity contribution < 1.29 is 9.66 Å². The molecule has 0 unspecified atom stereocenters. The minimum Gasteiger partial charge on any atom is -0.494 e. The lowest BCUT2D eigenvalue weighted by molar-refractivity contribution is -0.384. The van der Waals surface area contributed by atoms with E-state index in [0.717, 1.165) is 5.56 Å². The topological polar surface area (TPSA) is 88.2 Å². The third kappa shape index (κ3) is 3.28. The lowest BCUT2D eigenvalue weighted by Gasteiger charge is -2.11. The predicted octanol–water partition coefficient (Wildman–Crippen LogP) is 3.09. The molecule has 0 aromatic heterocycles. The third-order valence-corrected chi connectivity index (χ3v) is 3.00. The zero-order valence-electron chi connectivity index (χ0n) is 11.4. The average molecular weight is 283 g/mol. The molecule has 0 saturated carbocycles. The van der Waals surface area contributed by atoms with E-state index in [-0.39, 0.29) is 5.69 Å². The third-order valence-electron chi connectivity index (χ3n) is 3.00. The molecular formula is C15H13N3O3. The Morgan fingerprint density at radius 1 is 1.33 bits per heavy atom. The molecule has 0 atom stereocenters. The molecule has 6 heteroatoms. The van der Waals surface area contributed by atoms with Gasteiger partial charge in [-0.3, -0.25) is 10.1 Å². The van der Waals surface area contributed by atoms with Gasteiger partial charge in [-0.2, -0.15) is 5.26 Å². The Labute approximate surface area is 121 Å². The molecule has 0 fully saturated rings. The maximum absolute atomic E-state index is 10.7. The molecule has 0 aliphatic carbocycles. The van der Waals surface area contributed by atoms with Gasteiger partial charge in [0.25, 0.3) is 5.69 Å². The van der Waals surface area contributed by atoms with Crippen LogP contribution < -0.4 is 10.1 Å². The summed E-state index contributed by atoms with van der Waals surface area (Å²) in [5.41, 5.74) is 2.04. The van der Waals surface area contributed by atoms with E-state index in [4.69, 9.17) is 10.00 Å². The molecule has 0 aliphatic rings. The molecule has 1 N–H and O–H groups in total.